The summed E-state index contributed by atoms with van der Waals surface area (Å²) in [6.07, 6.45) is 5.45. The normalized spacial score (nSPS) is 21.8. The maximum atomic E-state index is 11.1. The minimum atomic E-state index is -1.29. The molecule has 0 radical (unpaired) electrons. The topological polar surface area (TPSA) is 159 Å². The molecule has 3 atom stereocenters. The van der Waals surface area contributed by atoms with E-state index in [1.807, 2.05) is 0 Å². The minimum Gasteiger partial charge on any atom is -0.617 e. The first-order valence-electron chi connectivity index (χ1n) is 6.90. The number of hydrogen-bond donors (Lipinski definition) is 4. The van der Waals surface area contributed by atoms with Crippen LogP contribution in [0.4, 0.5) is 0 Å². The zero-order valence-corrected chi connectivity index (χ0v) is 13.7. The molecule has 1 rings (SSSR count). The molecular weight excluding hydrogens is 340 g/mol. The molecule has 0 saturated heterocycles. The number of nitrogens with zero attached hydrogens (tertiary/aromatic N) is 1. The van der Waals surface area contributed by atoms with Crippen LogP contribution in [-0.2, 0) is 25.6 Å². The van der Waals surface area contributed by atoms with E-state index in [0.29, 0.717) is 5.57 Å². The van der Waals surface area contributed by atoms with Crippen LogP contribution < -0.4 is 5.32 Å². The molecule has 24 heavy (non-hydrogen) atoms. The minimum absolute atomic E-state index is 0.0366. The molecule has 0 aromatic rings. The SMILES string of the molecule is C[S+]([O-])CCC(/N=C/C=C1/C=C(C(=O)O)NC(C(=O)O)C1)C(=O)O. The number of nitrogens with one attached hydrogen (secondary N) is 1. The van der Waals surface area contributed by atoms with E-state index in [1.54, 1.807) is 0 Å². The van der Waals surface area contributed by atoms with E-state index in [2.05, 4.69) is 10.3 Å². The Bertz CT molecular complexity index is 598. The lowest BCUT2D eigenvalue weighted by atomic mass is 10.00. The Morgan fingerprint density at radius 1 is 1.46 bits per heavy atom. The second kappa shape index (κ2) is 9.08. The average molecular weight is 358 g/mol. The first-order valence-corrected chi connectivity index (χ1v) is 8.63. The molecule has 0 spiro atoms. The lowest BCUT2D eigenvalue weighted by molar-refractivity contribution is -0.140. The van der Waals surface area contributed by atoms with Crippen molar-refractivity contribution < 1.29 is 34.3 Å². The molecule has 1 aliphatic rings. The Kier molecular flexibility index (Phi) is 7.46. The van der Waals surface area contributed by atoms with Gasteiger partial charge in [-0.1, -0.05) is 11.2 Å². The maximum Gasteiger partial charge on any atom is 0.351 e. The van der Waals surface area contributed by atoms with Gasteiger partial charge in [0.1, 0.15) is 17.5 Å². The van der Waals surface area contributed by atoms with E-state index in [9.17, 15) is 18.9 Å². The van der Waals surface area contributed by atoms with Crippen LogP contribution in [0, 0.1) is 0 Å². The molecule has 1 heterocycles. The van der Waals surface area contributed by atoms with E-state index in [-0.39, 0.29) is 24.3 Å². The molecule has 0 bridgehead atoms. The van der Waals surface area contributed by atoms with Crippen molar-refractivity contribution in [2.75, 3.05) is 12.0 Å². The highest BCUT2D eigenvalue weighted by Gasteiger charge is 2.26. The zero-order chi connectivity index (χ0) is 18.3. The highest BCUT2D eigenvalue weighted by Crippen LogP contribution is 2.16. The third-order valence-corrected chi connectivity index (χ3v) is 3.96. The number of allylic oxidation sites excluding steroid dienone is 2. The summed E-state index contributed by atoms with van der Waals surface area (Å²) in [5.41, 5.74) is 0.134. The number of carboxylic acid groups (broad SMARTS) is 3. The molecule has 10 heteroatoms. The molecule has 4 N–H and O–H groups in total. The molecule has 3 unspecified atom stereocenters. The van der Waals surface area contributed by atoms with Crippen molar-refractivity contribution in [3.8, 4) is 0 Å². The van der Waals surface area contributed by atoms with Crippen molar-refractivity contribution in [1.82, 2.24) is 5.32 Å². The lowest BCUT2D eigenvalue weighted by Gasteiger charge is -2.21. The molecular formula is C14H18N2O7S. The third kappa shape index (κ3) is 6.42. The van der Waals surface area contributed by atoms with Gasteiger partial charge in [0.25, 0.3) is 0 Å². The van der Waals surface area contributed by atoms with E-state index in [4.69, 9.17) is 15.3 Å². The van der Waals surface area contributed by atoms with Gasteiger partial charge in [0, 0.05) is 19.1 Å². The van der Waals surface area contributed by atoms with Gasteiger partial charge in [0.05, 0.1) is 6.26 Å². The summed E-state index contributed by atoms with van der Waals surface area (Å²) in [4.78, 5) is 37.0. The Balaban J connectivity index is 2.88. The highest BCUT2D eigenvalue weighted by atomic mass is 32.2. The standard InChI is InChI=1S/C14H18N2O7S/c1-24(23)5-3-9(12(17)18)15-4-2-8-6-10(13(19)20)16-11(7-8)14(21)22/h2,4,6,9,11,16H,3,5,7H2,1H3,(H,17,18)(H,19,20)(H,21,22)/b8-2-,15-4+. The predicted molar refractivity (Wildman–Crippen MR) is 86.4 cm³/mol. The summed E-state index contributed by atoms with van der Waals surface area (Å²) in [6, 6.07) is -2.15. The van der Waals surface area contributed by atoms with Gasteiger partial charge < -0.3 is 25.2 Å². The molecule has 0 aromatic carbocycles. The summed E-state index contributed by atoms with van der Waals surface area (Å²) in [7, 11) is 0. The monoisotopic (exact) mass is 358 g/mol. The number of carbonyl (C=O) groups is 3. The fraction of sp³-hybridized carbons (Fsp3) is 0.429. The molecule has 0 saturated carbocycles. The fourth-order valence-corrected chi connectivity index (χ4v) is 2.49. The van der Waals surface area contributed by atoms with Crippen LogP contribution in [0.1, 0.15) is 12.8 Å². The van der Waals surface area contributed by atoms with Crippen LogP contribution in [0.25, 0.3) is 0 Å². The van der Waals surface area contributed by atoms with E-state index in [0.717, 1.165) is 0 Å². The van der Waals surface area contributed by atoms with Gasteiger partial charge in [0.15, 0.2) is 6.04 Å². The molecule has 0 aliphatic carbocycles. The first kappa shape index (κ1) is 19.7. The summed E-state index contributed by atoms with van der Waals surface area (Å²) in [6.45, 7) is 0. The third-order valence-electron chi connectivity index (χ3n) is 3.15. The van der Waals surface area contributed by atoms with E-state index < -0.39 is 41.2 Å². The summed E-state index contributed by atoms with van der Waals surface area (Å²) in [5, 5.41) is 29.4. The van der Waals surface area contributed by atoms with Crippen molar-refractivity contribution in [2.45, 2.75) is 24.9 Å². The van der Waals surface area contributed by atoms with Crippen LogP contribution in [0.3, 0.4) is 0 Å². The van der Waals surface area contributed by atoms with Crippen molar-refractivity contribution >= 4 is 35.3 Å². The van der Waals surface area contributed by atoms with Crippen molar-refractivity contribution in [1.29, 1.82) is 0 Å². The van der Waals surface area contributed by atoms with Crippen LogP contribution in [-0.4, -0.2) is 68.1 Å². The van der Waals surface area contributed by atoms with Crippen LogP contribution >= 0.6 is 0 Å². The maximum absolute atomic E-state index is 11.1. The van der Waals surface area contributed by atoms with Gasteiger partial charge >= 0.3 is 17.9 Å². The van der Waals surface area contributed by atoms with Gasteiger partial charge in [-0.05, 0) is 17.7 Å². The first-order chi connectivity index (χ1) is 11.2. The van der Waals surface area contributed by atoms with Crippen LogP contribution in [0.2, 0.25) is 0 Å². The van der Waals surface area contributed by atoms with Crippen molar-refractivity contribution in [3.05, 3.63) is 23.4 Å². The molecule has 1 aliphatic heterocycles. The Labute approximate surface area is 141 Å². The largest absolute Gasteiger partial charge is 0.617 e. The van der Waals surface area contributed by atoms with Gasteiger partial charge in [-0.3, -0.25) is 4.99 Å². The number of aliphatic carboxylic acids is 3. The van der Waals surface area contributed by atoms with Gasteiger partial charge in [-0.2, -0.15) is 0 Å². The highest BCUT2D eigenvalue weighted by molar-refractivity contribution is 7.90. The number of carboxylic acids is 3. The van der Waals surface area contributed by atoms with E-state index in [1.165, 1.54) is 24.6 Å². The summed E-state index contributed by atoms with van der Waals surface area (Å²) >= 11 is -1.13. The van der Waals surface area contributed by atoms with E-state index >= 15 is 0 Å². The van der Waals surface area contributed by atoms with Gasteiger partial charge in [0.2, 0.25) is 0 Å². The zero-order valence-electron chi connectivity index (χ0n) is 12.8. The van der Waals surface area contributed by atoms with Gasteiger partial charge in [-0.15, -0.1) is 0 Å². The predicted octanol–water partition coefficient (Wildman–Crippen LogP) is -0.380. The molecule has 9 nitrogen and oxygen atoms in total. The van der Waals surface area contributed by atoms with Crippen molar-refractivity contribution in [3.63, 3.8) is 0 Å². The van der Waals surface area contributed by atoms with Crippen LogP contribution in [0.5, 0.6) is 0 Å². The molecule has 132 valence electrons. The molecule has 0 aromatic heterocycles. The Morgan fingerprint density at radius 2 is 2.12 bits per heavy atom. The summed E-state index contributed by atoms with van der Waals surface area (Å²) < 4.78 is 11.0. The number of hydrogen-bond acceptors (Lipinski definition) is 6. The van der Waals surface area contributed by atoms with Gasteiger partial charge in [-0.25, -0.2) is 14.4 Å². The smallest absolute Gasteiger partial charge is 0.351 e. The lowest BCUT2D eigenvalue weighted by Crippen LogP contribution is -2.41. The summed E-state index contributed by atoms with van der Waals surface area (Å²) in [5.74, 6) is -3.46. The fourth-order valence-electron chi connectivity index (χ4n) is 1.93. The quantitative estimate of drug-likeness (QED) is 0.337. The number of aliphatic imine (C=N–C) groups is 1. The molecule has 0 amide bonds. The van der Waals surface area contributed by atoms with Crippen LogP contribution in [0.15, 0.2) is 28.4 Å². The second-order valence-corrected chi connectivity index (χ2v) is 6.62. The Hall–Kier alpha value is -2.33. The number of rotatable bonds is 8. The second-order valence-electron chi connectivity index (χ2n) is 5.06. The van der Waals surface area contributed by atoms with Crippen molar-refractivity contribution in [2.24, 2.45) is 4.99 Å². The molecule has 0 fully saturated rings. The average Bonchev–Trinajstić information content (AvgIpc) is 2.49. The Morgan fingerprint density at radius 3 is 2.62 bits per heavy atom.